The van der Waals surface area contributed by atoms with Crippen LogP contribution in [0, 0.1) is 5.92 Å². The Labute approximate surface area is 154 Å². The lowest BCUT2D eigenvalue weighted by atomic mass is 9.80. The van der Waals surface area contributed by atoms with Crippen molar-refractivity contribution < 1.29 is 14.4 Å². The molecule has 134 valence electrons. The number of carboxylic acids is 1. The van der Waals surface area contributed by atoms with Crippen molar-refractivity contribution in [2.75, 3.05) is 13.1 Å². The number of nitrogens with zero attached hydrogens (tertiary/aromatic N) is 1. The maximum Gasteiger partial charge on any atom is 0.312 e. The van der Waals surface area contributed by atoms with Crippen molar-refractivity contribution in [2.24, 2.45) is 5.92 Å². The average Bonchev–Trinajstić information content (AvgIpc) is 3.34. The molecule has 0 saturated carbocycles. The normalized spacial score (nSPS) is 30.7. The summed E-state index contributed by atoms with van der Waals surface area (Å²) in [5.74, 6) is -0.857. The first-order valence-electron chi connectivity index (χ1n) is 9.93. The van der Waals surface area contributed by atoms with Crippen LogP contribution in [0.4, 0.5) is 0 Å². The molecule has 0 bridgehead atoms. The van der Waals surface area contributed by atoms with Crippen molar-refractivity contribution in [3.05, 3.63) is 70.8 Å². The van der Waals surface area contributed by atoms with Gasteiger partial charge in [-0.05, 0) is 43.7 Å². The summed E-state index contributed by atoms with van der Waals surface area (Å²) >= 11 is 0. The van der Waals surface area contributed by atoms with Gasteiger partial charge in [-0.1, -0.05) is 48.5 Å². The van der Waals surface area contributed by atoms with E-state index in [0.717, 1.165) is 43.3 Å². The van der Waals surface area contributed by atoms with Gasteiger partial charge < -0.3 is 5.11 Å². The summed E-state index contributed by atoms with van der Waals surface area (Å²) < 4.78 is 0.929. The number of aliphatic carboxylic acids is 1. The van der Waals surface area contributed by atoms with Gasteiger partial charge in [-0.15, -0.1) is 0 Å². The molecule has 0 radical (unpaired) electrons. The summed E-state index contributed by atoms with van der Waals surface area (Å²) in [7, 11) is 0. The van der Waals surface area contributed by atoms with E-state index in [1.807, 2.05) is 0 Å². The highest BCUT2D eigenvalue weighted by Gasteiger charge is 2.84. The molecule has 3 atom stereocenters. The first-order valence-corrected chi connectivity index (χ1v) is 9.93. The molecular weight excluding hydrogens is 322 g/mol. The summed E-state index contributed by atoms with van der Waals surface area (Å²) in [6.45, 7) is 4.34. The van der Waals surface area contributed by atoms with E-state index in [1.165, 1.54) is 22.3 Å². The van der Waals surface area contributed by atoms with Crippen molar-refractivity contribution in [1.82, 2.24) is 0 Å². The largest absolute Gasteiger partial charge is 0.481 e. The Kier molecular flexibility index (Phi) is 3.36. The van der Waals surface area contributed by atoms with Gasteiger partial charge >= 0.3 is 5.97 Å². The highest BCUT2D eigenvalue weighted by molar-refractivity contribution is 5.73. The number of rotatable bonds is 2. The van der Waals surface area contributed by atoms with Gasteiger partial charge in [-0.2, -0.15) is 0 Å². The van der Waals surface area contributed by atoms with Crippen LogP contribution in [0.1, 0.15) is 42.0 Å². The Balaban J connectivity index is 1.84. The molecule has 2 aromatic rings. The van der Waals surface area contributed by atoms with Gasteiger partial charge in [0, 0.05) is 11.1 Å². The molecule has 2 unspecified atom stereocenters. The fourth-order valence-electron chi connectivity index (χ4n) is 6.55. The number of benzene rings is 2. The van der Waals surface area contributed by atoms with Crippen LogP contribution in [-0.2, 0) is 23.2 Å². The van der Waals surface area contributed by atoms with E-state index in [-0.39, 0.29) is 17.5 Å². The molecule has 0 amide bonds. The van der Waals surface area contributed by atoms with Gasteiger partial charge in [0.1, 0.15) is 5.92 Å². The molecule has 26 heavy (non-hydrogen) atoms. The minimum Gasteiger partial charge on any atom is -0.481 e. The van der Waals surface area contributed by atoms with Crippen molar-refractivity contribution in [2.45, 2.75) is 44.2 Å². The van der Waals surface area contributed by atoms with E-state index in [0.29, 0.717) is 0 Å². The van der Waals surface area contributed by atoms with E-state index in [1.54, 1.807) is 0 Å². The van der Waals surface area contributed by atoms with Crippen molar-refractivity contribution >= 4 is 5.97 Å². The lowest BCUT2D eigenvalue weighted by Gasteiger charge is -2.29. The molecule has 1 N–H and O–H groups in total. The number of aryl methyl sites for hydroxylation is 2. The van der Waals surface area contributed by atoms with Crippen LogP contribution in [0.2, 0.25) is 0 Å². The molecular formula is C23H26NO2+. The molecule has 3 nitrogen and oxygen atoms in total. The van der Waals surface area contributed by atoms with E-state index < -0.39 is 5.97 Å². The Hall–Kier alpha value is -2.13. The Morgan fingerprint density at radius 3 is 2.19 bits per heavy atom. The molecule has 3 heteroatoms. The fourth-order valence-corrected chi connectivity index (χ4v) is 6.55. The van der Waals surface area contributed by atoms with Gasteiger partial charge in [0.15, 0.2) is 6.04 Å². The minimum absolute atomic E-state index is 0.166. The van der Waals surface area contributed by atoms with Crippen LogP contribution < -0.4 is 0 Å². The molecule has 1 spiro atoms. The van der Waals surface area contributed by atoms with Gasteiger partial charge in [-0.25, -0.2) is 0 Å². The van der Waals surface area contributed by atoms with Crippen LogP contribution in [0.3, 0.4) is 0 Å². The Morgan fingerprint density at radius 1 is 1.08 bits per heavy atom. The number of quaternary nitrogens is 1. The lowest BCUT2D eigenvalue weighted by Crippen LogP contribution is -2.41. The first kappa shape index (κ1) is 16.1. The van der Waals surface area contributed by atoms with Crippen LogP contribution in [-0.4, -0.2) is 34.7 Å². The standard InChI is InChI=1S/C23H25NO2/c1-2-24-15-7-10-18(22(25)26)21(24)23(24)19-11-5-3-8-16(19)13-14-17-9-4-6-12-20(17)23/h3-6,8-9,11-12,18,21H,2,7,10,13-15H2,1H3/p+1/t18?,21?,24-/m1/s1. The number of fused-ring (bicyclic) bond motifs is 7. The monoisotopic (exact) mass is 348 g/mol. The minimum atomic E-state index is -0.610. The zero-order chi connectivity index (χ0) is 17.9. The van der Waals surface area contributed by atoms with E-state index >= 15 is 0 Å². The molecule has 2 saturated heterocycles. The number of hydrogen-bond donors (Lipinski definition) is 1. The van der Waals surface area contributed by atoms with Gasteiger partial charge in [-0.3, -0.25) is 9.28 Å². The third kappa shape index (κ3) is 1.75. The zero-order valence-corrected chi connectivity index (χ0v) is 15.3. The highest BCUT2D eigenvalue weighted by Crippen LogP contribution is 2.68. The molecule has 1 aliphatic carbocycles. The molecule has 0 aromatic heterocycles. The molecule has 5 rings (SSSR count). The number of likely N-dealkylation sites (N-methyl/N-ethyl adjacent to an activating group) is 1. The maximum atomic E-state index is 12.2. The zero-order valence-electron chi connectivity index (χ0n) is 15.3. The van der Waals surface area contributed by atoms with Gasteiger partial charge in [0.05, 0.1) is 13.1 Å². The maximum absolute atomic E-state index is 12.2. The SMILES string of the molecule is CC[N@@+]12CCCC(C(=O)O)C1C21c2ccccc2CCc2ccccc21. The number of carbonyl (C=O) groups is 1. The predicted octanol–water partition coefficient (Wildman–Crippen LogP) is 3.74. The number of piperidine rings is 1. The lowest BCUT2D eigenvalue weighted by molar-refractivity contribution is -0.846. The predicted molar refractivity (Wildman–Crippen MR) is 101 cm³/mol. The van der Waals surface area contributed by atoms with Crippen LogP contribution >= 0.6 is 0 Å². The quantitative estimate of drug-likeness (QED) is 0.663. The first-order chi connectivity index (χ1) is 12.7. The van der Waals surface area contributed by atoms with Crippen molar-refractivity contribution in [3.8, 4) is 0 Å². The third-order valence-electron chi connectivity index (χ3n) is 7.45. The van der Waals surface area contributed by atoms with Crippen LogP contribution in [0.25, 0.3) is 0 Å². The summed E-state index contributed by atoms with van der Waals surface area (Å²) in [5, 5.41) is 10.0. The third-order valence-corrected chi connectivity index (χ3v) is 7.45. The summed E-state index contributed by atoms with van der Waals surface area (Å²) in [6, 6.07) is 17.8. The summed E-state index contributed by atoms with van der Waals surface area (Å²) in [6.07, 6.45) is 3.91. The van der Waals surface area contributed by atoms with Gasteiger partial charge in [0.2, 0.25) is 5.54 Å². The molecule has 3 aliphatic rings. The Morgan fingerprint density at radius 2 is 1.65 bits per heavy atom. The Bertz CT molecular complexity index is 842. The molecule has 2 aromatic carbocycles. The topological polar surface area (TPSA) is 37.3 Å². The highest BCUT2D eigenvalue weighted by atomic mass is 16.4. The van der Waals surface area contributed by atoms with E-state index in [2.05, 4.69) is 55.5 Å². The second-order valence-electron chi connectivity index (χ2n) is 8.19. The molecule has 2 heterocycles. The molecule has 2 aliphatic heterocycles. The van der Waals surface area contributed by atoms with Crippen molar-refractivity contribution in [1.29, 1.82) is 0 Å². The smallest absolute Gasteiger partial charge is 0.312 e. The van der Waals surface area contributed by atoms with Crippen molar-refractivity contribution in [3.63, 3.8) is 0 Å². The number of carboxylic acid groups (broad SMARTS) is 1. The van der Waals surface area contributed by atoms with E-state index in [9.17, 15) is 9.90 Å². The summed E-state index contributed by atoms with van der Waals surface area (Å²) in [4.78, 5) is 12.2. The van der Waals surface area contributed by atoms with Gasteiger partial charge in [0.25, 0.3) is 0 Å². The second kappa shape index (κ2) is 5.43. The number of hydrogen-bond acceptors (Lipinski definition) is 1. The van der Waals surface area contributed by atoms with Crippen LogP contribution in [0.5, 0.6) is 0 Å². The fraction of sp³-hybridized carbons (Fsp3) is 0.435. The second-order valence-corrected chi connectivity index (χ2v) is 8.19. The molecule has 2 fully saturated rings. The average molecular weight is 348 g/mol. The summed E-state index contributed by atoms with van der Waals surface area (Å²) in [5.41, 5.74) is 5.44. The van der Waals surface area contributed by atoms with E-state index in [4.69, 9.17) is 0 Å². The van der Waals surface area contributed by atoms with Crippen LogP contribution in [0.15, 0.2) is 48.5 Å².